The van der Waals surface area contributed by atoms with Gasteiger partial charge in [0.05, 0.1) is 5.25 Å². The Morgan fingerprint density at radius 3 is 2.70 bits per heavy atom. The summed E-state index contributed by atoms with van der Waals surface area (Å²) in [5, 5.41) is 2.67. The van der Waals surface area contributed by atoms with Crippen molar-refractivity contribution < 1.29 is 13.2 Å². The number of nitrogens with zero attached hydrogens (tertiary/aromatic N) is 1. The standard InChI is InChI=1S/C17H24N2O3S/c1-3-12-4-5-14-11-19(7-6-13(14)8-12)17(20)18-15-9-16(10-15)23(2,21)22/h4-5,8,15-16H,3,6-7,9-11H2,1-2H3,(H,18,20). The lowest BCUT2D eigenvalue weighted by atomic mass is 9.92. The smallest absolute Gasteiger partial charge is 0.317 e. The molecular weight excluding hydrogens is 312 g/mol. The minimum atomic E-state index is -2.97. The summed E-state index contributed by atoms with van der Waals surface area (Å²) in [7, 11) is -2.97. The van der Waals surface area contributed by atoms with Gasteiger partial charge in [0.15, 0.2) is 0 Å². The Kier molecular flexibility index (Phi) is 4.36. The summed E-state index contributed by atoms with van der Waals surface area (Å²) in [6.45, 7) is 3.49. The Labute approximate surface area is 138 Å². The van der Waals surface area contributed by atoms with Crippen molar-refractivity contribution in [2.45, 2.75) is 50.4 Å². The zero-order valence-electron chi connectivity index (χ0n) is 13.7. The van der Waals surface area contributed by atoms with Gasteiger partial charge in [0, 0.05) is 25.4 Å². The van der Waals surface area contributed by atoms with Crippen molar-refractivity contribution in [2.24, 2.45) is 0 Å². The number of urea groups is 1. The Hall–Kier alpha value is -1.56. The Morgan fingerprint density at radius 1 is 1.30 bits per heavy atom. The van der Waals surface area contributed by atoms with E-state index in [1.165, 1.54) is 22.9 Å². The quantitative estimate of drug-likeness (QED) is 0.917. The van der Waals surface area contributed by atoms with E-state index in [2.05, 4.69) is 30.4 Å². The number of sulfone groups is 1. The highest BCUT2D eigenvalue weighted by Crippen LogP contribution is 2.27. The van der Waals surface area contributed by atoms with E-state index >= 15 is 0 Å². The molecule has 1 aliphatic heterocycles. The van der Waals surface area contributed by atoms with Crippen LogP contribution in [0, 0.1) is 0 Å². The van der Waals surface area contributed by atoms with Crippen molar-refractivity contribution in [2.75, 3.05) is 12.8 Å². The van der Waals surface area contributed by atoms with Gasteiger partial charge < -0.3 is 10.2 Å². The van der Waals surface area contributed by atoms with Gasteiger partial charge in [-0.3, -0.25) is 0 Å². The fraction of sp³-hybridized carbons (Fsp3) is 0.588. The first kappa shape index (κ1) is 16.3. The fourth-order valence-corrected chi connectivity index (χ4v) is 4.46. The van der Waals surface area contributed by atoms with Crippen LogP contribution in [-0.4, -0.2) is 43.4 Å². The molecule has 1 aromatic rings. The molecule has 126 valence electrons. The van der Waals surface area contributed by atoms with Crippen molar-refractivity contribution in [1.82, 2.24) is 10.2 Å². The highest BCUT2D eigenvalue weighted by molar-refractivity contribution is 7.91. The van der Waals surface area contributed by atoms with Gasteiger partial charge in [0.1, 0.15) is 9.84 Å². The Balaban J connectivity index is 1.56. The van der Waals surface area contributed by atoms with Gasteiger partial charge in [-0.05, 0) is 42.4 Å². The maximum absolute atomic E-state index is 12.4. The predicted molar refractivity (Wildman–Crippen MR) is 90.1 cm³/mol. The van der Waals surface area contributed by atoms with Crippen LogP contribution in [0.3, 0.4) is 0 Å². The van der Waals surface area contributed by atoms with Crippen LogP contribution in [0.25, 0.3) is 0 Å². The summed E-state index contributed by atoms with van der Waals surface area (Å²) in [5.41, 5.74) is 3.89. The van der Waals surface area contributed by atoms with Gasteiger partial charge in [-0.1, -0.05) is 25.1 Å². The van der Waals surface area contributed by atoms with Crippen molar-refractivity contribution in [3.63, 3.8) is 0 Å². The lowest BCUT2D eigenvalue weighted by Crippen LogP contribution is -2.53. The number of benzene rings is 1. The highest BCUT2D eigenvalue weighted by atomic mass is 32.2. The van der Waals surface area contributed by atoms with Crippen LogP contribution in [0.15, 0.2) is 18.2 Å². The molecule has 1 aliphatic carbocycles. The molecule has 5 nitrogen and oxygen atoms in total. The third-order valence-corrected chi connectivity index (χ3v) is 6.60. The summed E-state index contributed by atoms with van der Waals surface area (Å²) in [6, 6.07) is 6.41. The molecule has 3 rings (SSSR count). The second-order valence-electron chi connectivity index (χ2n) is 6.70. The molecule has 23 heavy (non-hydrogen) atoms. The molecule has 0 radical (unpaired) electrons. The van der Waals surface area contributed by atoms with E-state index < -0.39 is 9.84 Å². The van der Waals surface area contributed by atoms with Crippen molar-refractivity contribution in [3.05, 3.63) is 34.9 Å². The number of nitrogens with one attached hydrogen (secondary N) is 1. The number of aryl methyl sites for hydroxylation is 1. The van der Waals surface area contributed by atoms with Crippen molar-refractivity contribution in [3.8, 4) is 0 Å². The molecule has 1 saturated carbocycles. The fourth-order valence-electron chi connectivity index (χ4n) is 3.30. The molecule has 1 heterocycles. The van der Waals surface area contributed by atoms with Crippen molar-refractivity contribution >= 4 is 15.9 Å². The van der Waals surface area contributed by atoms with E-state index in [9.17, 15) is 13.2 Å². The number of hydrogen-bond acceptors (Lipinski definition) is 3. The van der Waals surface area contributed by atoms with Gasteiger partial charge in [0.25, 0.3) is 0 Å². The predicted octanol–water partition coefficient (Wildman–Crippen LogP) is 1.89. The molecule has 0 bridgehead atoms. The number of hydrogen-bond donors (Lipinski definition) is 1. The second-order valence-corrected chi connectivity index (χ2v) is 9.02. The monoisotopic (exact) mass is 336 g/mol. The third kappa shape index (κ3) is 3.52. The molecule has 2 amide bonds. The molecule has 0 unspecified atom stereocenters. The molecule has 0 aromatic heterocycles. The lowest BCUT2D eigenvalue weighted by Gasteiger charge is -2.37. The van der Waals surface area contributed by atoms with E-state index in [0.29, 0.717) is 25.9 Å². The first-order chi connectivity index (χ1) is 10.9. The van der Waals surface area contributed by atoms with Crippen LogP contribution in [0.2, 0.25) is 0 Å². The largest absolute Gasteiger partial charge is 0.335 e. The second kappa shape index (κ2) is 6.15. The number of amides is 2. The number of fused-ring (bicyclic) bond motifs is 1. The van der Waals surface area contributed by atoms with Crippen LogP contribution in [0.4, 0.5) is 4.79 Å². The van der Waals surface area contributed by atoms with E-state index in [4.69, 9.17) is 0 Å². The summed E-state index contributed by atoms with van der Waals surface area (Å²) >= 11 is 0. The third-order valence-electron chi connectivity index (χ3n) is 5.01. The summed E-state index contributed by atoms with van der Waals surface area (Å²) < 4.78 is 22.8. The molecule has 0 saturated heterocycles. The average molecular weight is 336 g/mol. The maximum Gasteiger partial charge on any atom is 0.317 e. The molecule has 1 N–H and O–H groups in total. The zero-order chi connectivity index (χ0) is 16.6. The molecular formula is C17H24N2O3S. The van der Waals surface area contributed by atoms with E-state index in [0.717, 1.165) is 12.8 Å². The maximum atomic E-state index is 12.4. The molecule has 0 spiro atoms. The summed E-state index contributed by atoms with van der Waals surface area (Å²) in [6.07, 6.45) is 4.25. The van der Waals surface area contributed by atoms with Crippen LogP contribution in [0.1, 0.15) is 36.5 Å². The van der Waals surface area contributed by atoms with Crippen molar-refractivity contribution in [1.29, 1.82) is 0 Å². The van der Waals surface area contributed by atoms with Gasteiger partial charge in [-0.25, -0.2) is 13.2 Å². The zero-order valence-corrected chi connectivity index (χ0v) is 14.5. The van der Waals surface area contributed by atoms with Crippen LogP contribution in [0.5, 0.6) is 0 Å². The van der Waals surface area contributed by atoms with E-state index in [1.54, 1.807) is 0 Å². The molecule has 1 aromatic carbocycles. The molecule has 6 heteroatoms. The Bertz CT molecular complexity index is 709. The summed E-state index contributed by atoms with van der Waals surface area (Å²) in [5.74, 6) is 0. The average Bonchev–Trinajstić information content (AvgIpc) is 2.47. The lowest BCUT2D eigenvalue weighted by molar-refractivity contribution is 0.181. The minimum Gasteiger partial charge on any atom is -0.335 e. The first-order valence-corrected chi connectivity index (χ1v) is 10.2. The van der Waals surface area contributed by atoms with Crippen LogP contribution in [-0.2, 0) is 29.2 Å². The minimum absolute atomic E-state index is 0.00825. The van der Waals surface area contributed by atoms with Crippen LogP contribution < -0.4 is 5.32 Å². The highest BCUT2D eigenvalue weighted by Gasteiger charge is 2.37. The van der Waals surface area contributed by atoms with Gasteiger partial charge in [-0.2, -0.15) is 0 Å². The number of carbonyl (C=O) groups excluding carboxylic acids is 1. The van der Waals surface area contributed by atoms with Gasteiger partial charge in [0.2, 0.25) is 0 Å². The topological polar surface area (TPSA) is 66.5 Å². The normalized spacial score (nSPS) is 23.8. The van der Waals surface area contributed by atoms with E-state index in [1.807, 2.05) is 4.90 Å². The molecule has 2 aliphatic rings. The number of carbonyl (C=O) groups is 1. The first-order valence-electron chi connectivity index (χ1n) is 8.21. The SMILES string of the molecule is CCc1ccc2c(c1)CCN(C(=O)NC1CC(S(C)(=O)=O)C1)C2. The van der Waals surface area contributed by atoms with Crippen LogP contribution >= 0.6 is 0 Å². The molecule has 0 atom stereocenters. The van der Waals surface area contributed by atoms with Gasteiger partial charge in [-0.15, -0.1) is 0 Å². The molecule has 1 fully saturated rings. The Morgan fingerprint density at radius 2 is 2.04 bits per heavy atom. The number of rotatable bonds is 3. The van der Waals surface area contributed by atoms with E-state index in [-0.39, 0.29) is 17.3 Å². The van der Waals surface area contributed by atoms with Gasteiger partial charge >= 0.3 is 6.03 Å². The summed E-state index contributed by atoms with van der Waals surface area (Å²) in [4.78, 5) is 14.2.